The highest BCUT2D eigenvalue weighted by atomic mass is 16.3. The lowest BCUT2D eigenvalue weighted by atomic mass is 9.79. The molecule has 0 bridgehead atoms. The molecule has 4 nitrogen and oxygen atoms in total. The van der Waals surface area contributed by atoms with E-state index in [4.69, 9.17) is 8.83 Å². The lowest BCUT2D eigenvalue weighted by Gasteiger charge is -2.28. The maximum Gasteiger partial charge on any atom is 0.159 e. The van der Waals surface area contributed by atoms with Crippen molar-refractivity contribution in [2.45, 2.75) is 33.1 Å². The molecule has 0 saturated heterocycles. The monoisotopic (exact) mass is 886 g/mol. The van der Waals surface area contributed by atoms with E-state index in [9.17, 15) is 0 Å². The molecule has 0 N–H and O–H groups in total. The van der Waals surface area contributed by atoms with Crippen LogP contribution in [0.5, 0.6) is 0 Å². The summed E-state index contributed by atoms with van der Waals surface area (Å²) in [4.78, 5) is 4.72. The number of furan rings is 2. The maximum absolute atomic E-state index is 6.69. The Morgan fingerprint density at radius 2 is 0.855 bits per heavy atom. The summed E-state index contributed by atoms with van der Waals surface area (Å²) in [6.07, 6.45) is 0. The van der Waals surface area contributed by atoms with Gasteiger partial charge in [0.2, 0.25) is 0 Å². The highest BCUT2D eigenvalue weighted by Gasteiger charge is 2.39. The Balaban J connectivity index is 0.949. The number of hydrogen-bond donors (Lipinski definition) is 0. The van der Waals surface area contributed by atoms with Gasteiger partial charge in [0.25, 0.3) is 0 Å². The highest BCUT2D eigenvalue weighted by molar-refractivity contribution is 6.20. The number of anilines is 6. The zero-order chi connectivity index (χ0) is 46.1. The van der Waals surface area contributed by atoms with E-state index in [-0.39, 0.29) is 5.41 Å². The van der Waals surface area contributed by atoms with Crippen molar-refractivity contribution in [3.05, 3.63) is 229 Å². The van der Waals surface area contributed by atoms with Gasteiger partial charge in [-0.1, -0.05) is 146 Å². The molecule has 2 heterocycles. The van der Waals surface area contributed by atoms with Gasteiger partial charge in [-0.15, -0.1) is 0 Å². The van der Waals surface area contributed by atoms with Crippen LogP contribution in [-0.4, -0.2) is 0 Å². The van der Waals surface area contributed by atoms with E-state index in [0.717, 1.165) is 78.0 Å². The molecule has 0 spiro atoms. The average molecular weight is 887 g/mol. The van der Waals surface area contributed by atoms with Gasteiger partial charge in [0.05, 0.1) is 11.4 Å². The molecule has 328 valence electrons. The molecule has 2 aromatic heterocycles. The van der Waals surface area contributed by atoms with Crippen LogP contribution in [0, 0.1) is 13.8 Å². The first kappa shape index (κ1) is 39.6. The summed E-state index contributed by atoms with van der Waals surface area (Å²) in [5.74, 6) is 0. The lowest BCUT2D eigenvalue weighted by molar-refractivity contribution is 0.667. The molecule has 69 heavy (non-hydrogen) atoms. The third-order valence-corrected chi connectivity index (χ3v) is 14.9. The molecule has 13 aromatic rings. The summed E-state index contributed by atoms with van der Waals surface area (Å²) < 4.78 is 13.4. The Hall–Kier alpha value is -8.60. The largest absolute Gasteiger partial charge is 0.454 e. The van der Waals surface area contributed by atoms with Gasteiger partial charge in [-0.2, -0.15) is 0 Å². The topological polar surface area (TPSA) is 32.8 Å². The van der Waals surface area contributed by atoms with Crippen LogP contribution in [0.1, 0.15) is 36.1 Å². The fraction of sp³-hybridized carbons (Fsp3) is 0.0769. The molecule has 11 aromatic carbocycles. The second-order valence-corrected chi connectivity index (χ2v) is 19.4. The zero-order valence-corrected chi connectivity index (χ0v) is 38.8. The van der Waals surface area contributed by atoms with Gasteiger partial charge in [-0.3, -0.25) is 0 Å². The summed E-state index contributed by atoms with van der Waals surface area (Å²) in [6, 6.07) is 75.2. The van der Waals surface area contributed by atoms with E-state index in [2.05, 4.69) is 232 Å². The van der Waals surface area contributed by atoms with Gasteiger partial charge in [-0.25, -0.2) is 0 Å². The van der Waals surface area contributed by atoms with E-state index in [1.165, 1.54) is 65.7 Å². The van der Waals surface area contributed by atoms with Gasteiger partial charge in [-0.05, 0) is 153 Å². The summed E-state index contributed by atoms with van der Waals surface area (Å²) in [5, 5.41) is 11.9. The number of rotatable bonds is 6. The molecule has 1 aliphatic rings. The van der Waals surface area contributed by atoms with Gasteiger partial charge < -0.3 is 18.6 Å². The van der Waals surface area contributed by atoms with Crippen LogP contribution >= 0.6 is 0 Å². The minimum atomic E-state index is -0.300. The Kier molecular flexibility index (Phi) is 8.43. The molecule has 1 aliphatic carbocycles. The molecular formula is C65H46N2O2. The predicted molar refractivity (Wildman–Crippen MR) is 290 cm³/mol. The number of hydrogen-bond acceptors (Lipinski definition) is 4. The maximum atomic E-state index is 6.69. The average Bonchev–Trinajstić information content (AvgIpc) is 4.03. The lowest BCUT2D eigenvalue weighted by Crippen LogP contribution is -2.16. The van der Waals surface area contributed by atoms with Crippen molar-refractivity contribution in [3.63, 3.8) is 0 Å². The van der Waals surface area contributed by atoms with Gasteiger partial charge >= 0.3 is 0 Å². The standard InChI is InChI=1S/C65H46N2O2/c1-39-23-28-43(29-24-39)66(57-19-11-17-52-48-14-7-9-21-59(48)68-63(52)57)45-32-27-41-36-55-56(37-42(41)35-45)65(3,4)62-51-34-33-46(38-54(51)47-13-5-6-16-50(47)61(55)62)67(44-30-25-40(2)26-31-44)58-20-12-18-53-49-15-8-10-22-60(49)69-64(53)58/h5-38H,1-4H3. The van der Waals surface area contributed by atoms with Crippen LogP contribution in [0.2, 0.25) is 0 Å². The second-order valence-electron chi connectivity index (χ2n) is 19.4. The Morgan fingerprint density at radius 3 is 1.45 bits per heavy atom. The van der Waals surface area contributed by atoms with Crippen molar-refractivity contribution in [1.29, 1.82) is 0 Å². The third-order valence-electron chi connectivity index (χ3n) is 14.9. The van der Waals surface area contributed by atoms with Crippen LogP contribution in [0.4, 0.5) is 34.1 Å². The molecule has 4 heteroatoms. The molecule has 14 rings (SSSR count). The number of aryl methyl sites for hydroxylation is 2. The zero-order valence-electron chi connectivity index (χ0n) is 38.8. The number of para-hydroxylation sites is 4. The van der Waals surface area contributed by atoms with Crippen molar-refractivity contribution >= 4 is 110 Å². The third kappa shape index (κ3) is 5.88. The molecule has 0 fully saturated rings. The molecule has 0 atom stereocenters. The SMILES string of the molecule is Cc1ccc(N(c2ccc3cc4c(cc3c2)C(C)(C)c2c-4c3ccccc3c3cc(N(c4ccc(C)cc4)c4cccc5c4oc4ccccc45)ccc23)c2cccc3c2oc2ccccc23)cc1. The van der Waals surface area contributed by atoms with Crippen LogP contribution in [0.25, 0.3) is 87.3 Å². The predicted octanol–water partition coefficient (Wildman–Crippen LogP) is 18.8. The molecule has 0 radical (unpaired) electrons. The van der Waals surface area contributed by atoms with Crippen molar-refractivity contribution in [1.82, 2.24) is 0 Å². The summed E-state index contributed by atoms with van der Waals surface area (Å²) in [6.45, 7) is 9.11. The number of fused-ring (bicyclic) bond motifs is 15. The van der Waals surface area contributed by atoms with Crippen LogP contribution < -0.4 is 9.80 Å². The van der Waals surface area contributed by atoms with Gasteiger partial charge in [0, 0.05) is 49.7 Å². The second kappa shape index (κ2) is 14.7. The van der Waals surface area contributed by atoms with E-state index >= 15 is 0 Å². The Bertz CT molecular complexity index is 4250. The quantitative estimate of drug-likeness (QED) is 0.156. The van der Waals surface area contributed by atoms with E-state index in [0.29, 0.717) is 0 Å². The minimum absolute atomic E-state index is 0.300. The molecule has 0 saturated carbocycles. The minimum Gasteiger partial charge on any atom is -0.454 e. The molecular weight excluding hydrogens is 841 g/mol. The van der Waals surface area contributed by atoms with Crippen molar-refractivity contribution < 1.29 is 8.83 Å². The van der Waals surface area contributed by atoms with Gasteiger partial charge in [0.15, 0.2) is 11.2 Å². The normalized spacial score (nSPS) is 13.0. The van der Waals surface area contributed by atoms with Crippen LogP contribution in [0.15, 0.2) is 215 Å². The van der Waals surface area contributed by atoms with Crippen LogP contribution in [0.3, 0.4) is 0 Å². The fourth-order valence-electron chi connectivity index (χ4n) is 11.6. The molecule has 0 amide bonds. The number of nitrogens with zero attached hydrogens (tertiary/aromatic N) is 2. The Labute approximate surface area is 399 Å². The fourth-order valence-corrected chi connectivity index (χ4v) is 11.6. The first-order valence-electron chi connectivity index (χ1n) is 23.9. The molecule has 0 unspecified atom stereocenters. The van der Waals surface area contributed by atoms with Crippen molar-refractivity contribution in [2.75, 3.05) is 9.80 Å². The summed E-state index contributed by atoms with van der Waals surface area (Å²) >= 11 is 0. The molecule has 0 aliphatic heterocycles. The highest BCUT2D eigenvalue weighted by Crippen LogP contribution is 2.56. The van der Waals surface area contributed by atoms with E-state index in [1.54, 1.807) is 0 Å². The summed E-state index contributed by atoms with van der Waals surface area (Å²) in [5.41, 5.74) is 17.3. The van der Waals surface area contributed by atoms with E-state index in [1.807, 2.05) is 12.1 Å². The van der Waals surface area contributed by atoms with Crippen molar-refractivity contribution in [3.8, 4) is 11.1 Å². The van der Waals surface area contributed by atoms with E-state index < -0.39 is 0 Å². The van der Waals surface area contributed by atoms with Crippen LogP contribution in [-0.2, 0) is 5.41 Å². The first-order chi connectivity index (χ1) is 33.8. The number of benzene rings is 11. The smallest absolute Gasteiger partial charge is 0.159 e. The van der Waals surface area contributed by atoms with Crippen molar-refractivity contribution in [2.24, 2.45) is 0 Å². The van der Waals surface area contributed by atoms with Gasteiger partial charge in [0.1, 0.15) is 11.2 Å². The summed E-state index contributed by atoms with van der Waals surface area (Å²) in [7, 11) is 0. The first-order valence-corrected chi connectivity index (χ1v) is 23.9. The Morgan fingerprint density at radius 1 is 0.362 bits per heavy atom.